The maximum atomic E-state index is 11.8. The van der Waals surface area contributed by atoms with E-state index in [1.807, 2.05) is 4.90 Å². The molecule has 1 aromatic carbocycles. The smallest absolute Gasteiger partial charge is 0.325 e. The van der Waals surface area contributed by atoms with Gasteiger partial charge in [0.15, 0.2) is 0 Å². The molecule has 1 aliphatic rings. The van der Waals surface area contributed by atoms with Gasteiger partial charge < -0.3 is 20.6 Å². The molecule has 1 aromatic rings. The van der Waals surface area contributed by atoms with Crippen molar-refractivity contribution in [1.29, 1.82) is 0 Å². The van der Waals surface area contributed by atoms with Gasteiger partial charge in [-0.3, -0.25) is 14.5 Å². The highest BCUT2D eigenvalue weighted by Gasteiger charge is 2.30. The molecule has 8 nitrogen and oxygen atoms in total. The molecule has 0 aromatic heterocycles. The van der Waals surface area contributed by atoms with Gasteiger partial charge in [0, 0.05) is 45.3 Å². The van der Waals surface area contributed by atoms with Crippen molar-refractivity contribution >= 4 is 23.6 Å². The van der Waals surface area contributed by atoms with Crippen LogP contribution in [0.3, 0.4) is 0 Å². The van der Waals surface area contributed by atoms with Crippen LogP contribution in [0.2, 0.25) is 0 Å². The Kier molecular flexibility index (Phi) is 7.60. The number of nitrogens with one attached hydrogen (secondary N) is 2. The van der Waals surface area contributed by atoms with Crippen molar-refractivity contribution in [3.05, 3.63) is 29.8 Å². The van der Waals surface area contributed by atoms with Gasteiger partial charge in [0.05, 0.1) is 0 Å². The number of amides is 3. The maximum Gasteiger partial charge on any atom is 0.325 e. The van der Waals surface area contributed by atoms with E-state index in [1.165, 1.54) is 6.92 Å². The Balaban J connectivity index is 1.99. The predicted octanol–water partition coefficient (Wildman–Crippen LogP) is 1.90. The van der Waals surface area contributed by atoms with Crippen LogP contribution < -0.4 is 10.6 Å². The molecule has 1 unspecified atom stereocenters. The first-order valence-electron chi connectivity index (χ1n) is 9.29. The number of aliphatic carboxylic acids is 1. The lowest BCUT2D eigenvalue weighted by molar-refractivity contribution is -0.145. The summed E-state index contributed by atoms with van der Waals surface area (Å²) >= 11 is 0. The van der Waals surface area contributed by atoms with Gasteiger partial charge in [-0.05, 0) is 24.1 Å². The second kappa shape index (κ2) is 9.91. The van der Waals surface area contributed by atoms with Crippen LogP contribution in [0.4, 0.5) is 10.5 Å². The van der Waals surface area contributed by atoms with Crippen LogP contribution in [0.25, 0.3) is 0 Å². The van der Waals surface area contributed by atoms with Crippen LogP contribution in [0.15, 0.2) is 24.3 Å². The van der Waals surface area contributed by atoms with E-state index in [1.54, 1.807) is 29.2 Å². The summed E-state index contributed by atoms with van der Waals surface area (Å²) in [7, 11) is 0. The average molecular weight is 376 g/mol. The zero-order valence-electron chi connectivity index (χ0n) is 15.9. The highest BCUT2D eigenvalue weighted by molar-refractivity contribution is 5.89. The summed E-state index contributed by atoms with van der Waals surface area (Å²) in [4.78, 5) is 38.6. The standard InChI is InChI=1S/C19H28N4O4/c1-3-4-9-20-19(27)21-16-7-5-15(6-8-16)17(18(25)26)23-12-10-22(11-13-23)14(2)24/h5-8,17H,3-4,9-13H2,1-2H3,(H,25,26)(H2,20,21,27). The third kappa shape index (κ3) is 5.96. The zero-order chi connectivity index (χ0) is 19.8. The molecule has 27 heavy (non-hydrogen) atoms. The molecular formula is C19H28N4O4. The van der Waals surface area contributed by atoms with Crippen LogP contribution in [0.5, 0.6) is 0 Å². The average Bonchev–Trinajstić information content (AvgIpc) is 2.64. The molecule has 148 valence electrons. The molecule has 1 heterocycles. The van der Waals surface area contributed by atoms with E-state index in [2.05, 4.69) is 17.6 Å². The van der Waals surface area contributed by atoms with Gasteiger partial charge in [0.25, 0.3) is 0 Å². The minimum absolute atomic E-state index is 0.00849. The van der Waals surface area contributed by atoms with Gasteiger partial charge in [-0.1, -0.05) is 25.5 Å². The van der Waals surface area contributed by atoms with Gasteiger partial charge >= 0.3 is 12.0 Å². The lowest BCUT2D eigenvalue weighted by Gasteiger charge is -2.37. The van der Waals surface area contributed by atoms with E-state index in [9.17, 15) is 19.5 Å². The van der Waals surface area contributed by atoms with Crippen LogP contribution in [-0.4, -0.2) is 65.5 Å². The first-order valence-corrected chi connectivity index (χ1v) is 9.29. The van der Waals surface area contributed by atoms with Crippen LogP contribution in [0, 0.1) is 0 Å². The van der Waals surface area contributed by atoms with Gasteiger partial charge in [0.1, 0.15) is 6.04 Å². The molecule has 1 aliphatic heterocycles. The number of carboxylic acids is 1. The molecule has 0 aliphatic carbocycles. The fourth-order valence-corrected chi connectivity index (χ4v) is 3.11. The van der Waals surface area contributed by atoms with Gasteiger partial charge in [0.2, 0.25) is 5.91 Å². The molecule has 2 rings (SSSR count). The summed E-state index contributed by atoms with van der Waals surface area (Å²) in [5, 5.41) is 15.2. The summed E-state index contributed by atoms with van der Waals surface area (Å²) in [5.41, 5.74) is 1.26. The Morgan fingerprint density at radius 3 is 2.26 bits per heavy atom. The molecular weight excluding hydrogens is 348 g/mol. The highest BCUT2D eigenvalue weighted by Crippen LogP contribution is 2.24. The van der Waals surface area contributed by atoms with E-state index in [0.29, 0.717) is 44.0 Å². The Morgan fingerprint density at radius 1 is 1.11 bits per heavy atom. The van der Waals surface area contributed by atoms with Crippen molar-refractivity contribution in [2.75, 3.05) is 38.0 Å². The molecule has 0 bridgehead atoms. The minimum atomic E-state index is -0.927. The normalized spacial score (nSPS) is 15.9. The van der Waals surface area contributed by atoms with E-state index < -0.39 is 12.0 Å². The van der Waals surface area contributed by atoms with E-state index in [-0.39, 0.29) is 11.9 Å². The second-order valence-electron chi connectivity index (χ2n) is 6.64. The third-order valence-electron chi connectivity index (χ3n) is 4.66. The number of carboxylic acid groups (broad SMARTS) is 1. The maximum absolute atomic E-state index is 11.8. The molecule has 1 fully saturated rings. The number of urea groups is 1. The van der Waals surface area contributed by atoms with Crippen LogP contribution in [-0.2, 0) is 9.59 Å². The summed E-state index contributed by atoms with van der Waals surface area (Å²) < 4.78 is 0. The number of anilines is 1. The van der Waals surface area contributed by atoms with Crippen LogP contribution in [0.1, 0.15) is 38.3 Å². The van der Waals surface area contributed by atoms with Crippen molar-refractivity contribution in [1.82, 2.24) is 15.1 Å². The number of hydrogen-bond acceptors (Lipinski definition) is 4. The monoisotopic (exact) mass is 376 g/mol. The number of nitrogens with zero attached hydrogens (tertiary/aromatic N) is 2. The molecule has 8 heteroatoms. The van der Waals surface area contributed by atoms with Gasteiger partial charge in [-0.2, -0.15) is 0 Å². The number of carbonyl (C=O) groups is 3. The molecule has 1 saturated heterocycles. The van der Waals surface area contributed by atoms with Crippen molar-refractivity contribution < 1.29 is 19.5 Å². The highest BCUT2D eigenvalue weighted by atomic mass is 16.4. The van der Waals surface area contributed by atoms with E-state index in [0.717, 1.165) is 12.8 Å². The number of benzene rings is 1. The van der Waals surface area contributed by atoms with Crippen LogP contribution >= 0.6 is 0 Å². The minimum Gasteiger partial charge on any atom is -0.480 e. The lowest BCUT2D eigenvalue weighted by Crippen LogP contribution is -2.50. The number of rotatable bonds is 7. The van der Waals surface area contributed by atoms with Gasteiger partial charge in [-0.15, -0.1) is 0 Å². The Morgan fingerprint density at radius 2 is 1.74 bits per heavy atom. The summed E-state index contributed by atoms with van der Waals surface area (Å²) in [6.45, 7) is 6.26. The largest absolute Gasteiger partial charge is 0.480 e. The van der Waals surface area contributed by atoms with E-state index in [4.69, 9.17) is 0 Å². The van der Waals surface area contributed by atoms with Gasteiger partial charge in [-0.25, -0.2) is 4.79 Å². The molecule has 3 N–H and O–H groups in total. The van der Waals surface area contributed by atoms with E-state index >= 15 is 0 Å². The molecule has 1 atom stereocenters. The third-order valence-corrected chi connectivity index (χ3v) is 4.66. The zero-order valence-corrected chi connectivity index (χ0v) is 15.9. The Labute approximate surface area is 159 Å². The number of piperazine rings is 1. The van der Waals surface area contributed by atoms with Crippen molar-refractivity contribution in [2.45, 2.75) is 32.7 Å². The summed E-state index contributed by atoms with van der Waals surface area (Å²) in [6.07, 6.45) is 1.93. The lowest BCUT2D eigenvalue weighted by atomic mass is 10.0. The van der Waals surface area contributed by atoms with Crippen molar-refractivity contribution in [3.63, 3.8) is 0 Å². The molecule has 0 radical (unpaired) electrons. The van der Waals surface area contributed by atoms with Crippen molar-refractivity contribution in [3.8, 4) is 0 Å². The Hall–Kier alpha value is -2.61. The fraction of sp³-hybridized carbons (Fsp3) is 0.526. The second-order valence-corrected chi connectivity index (χ2v) is 6.64. The topological polar surface area (TPSA) is 102 Å². The van der Waals surface area contributed by atoms with Crippen molar-refractivity contribution in [2.24, 2.45) is 0 Å². The number of unbranched alkanes of at least 4 members (excludes halogenated alkanes) is 1. The fourth-order valence-electron chi connectivity index (χ4n) is 3.11. The first kappa shape index (κ1) is 20.7. The number of carbonyl (C=O) groups excluding carboxylic acids is 2. The predicted molar refractivity (Wildman–Crippen MR) is 103 cm³/mol. The quantitative estimate of drug-likeness (QED) is 0.631. The molecule has 0 spiro atoms. The molecule has 3 amide bonds. The summed E-state index contributed by atoms with van der Waals surface area (Å²) in [6, 6.07) is 5.81. The summed E-state index contributed by atoms with van der Waals surface area (Å²) in [5.74, 6) is -0.918. The molecule has 0 saturated carbocycles. The first-order chi connectivity index (χ1) is 12.9. The Bertz CT molecular complexity index is 654. The number of hydrogen-bond donors (Lipinski definition) is 3. The SMILES string of the molecule is CCCCNC(=O)Nc1ccc(C(C(=O)O)N2CCN(C(C)=O)CC2)cc1.